The van der Waals surface area contributed by atoms with Crippen LogP contribution in [0.25, 0.3) is 0 Å². The number of hydrogen-bond donors (Lipinski definition) is 3. The highest BCUT2D eigenvalue weighted by Crippen LogP contribution is 2.42. The molecule has 2 amide bonds. The highest BCUT2D eigenvalue weighted by Gasteiger charge is 2.36. The molecule has 2 fully saturated rings. The first kappa shape index (κ1) is 18.4. The van der Waals surface area contributed by atoms with Gasteiger partial charge in [0, 0.05) is 12.5 Å². The summed E-state index contributed by atoms with van der Waals surface area (Å²) in [5.74, 6) is -1.26. The Morgan fingerprint density at radius 3 is 2.38 bits per heavy atom. The molecule has 0 spiro atoms. The first-order valence-corrected chi connectivity index (χ1v) is 9.39. The predicted octanol–water partition coefficient (Wildman–Crippen LogP) is 3.33. The number of carbonyl (C=O) groups excluding carboxylic acids is 2. The lowest BCUT2D eigenvalue weighted by Gasteiger charge is -2.35. The molecule has 1 aromatic rings. The number of carboxylic acids is 1. The van der Waals surface area contributed by atoms with Gasteiger partial charge in [-0.3, -0.25) is 14.4 Å². The van der Waals surface area contributed by atoms with Gasteiger partial charge in [-0.2, -0.15) is 0 Å². The minimum atomic E-state index is -0.857. The molecule has 0 heterocycles. The van der Waals surface area contributed by atoms with Crippen LogP contribution in [0.4, 0.5) is 5.69 Å². The van der Waals surface area contributed by atoms with E-state index in [2.05, 4.69) is 10.6 Å². The molecule has 3 N–H and O–H groups in total. The van der Waals surface area contributed by atoms with E-state index in [4.69, 9.17) is 0 Å². The van der Waals surface area contributed by atoms with E-state index < -0.39 is 11.4 Å². The fourth-order valence-corrected chi connectivity index (χ4v) is 3.85. The maximum Gasteiger partial charge on any atom is 0.303 e. The van der Waals surface area contributed by atoms with Gasteiger partial charge < -0.3 is 15.7 Å². The van der Waals surface area contributed by atoms with Crippen LogP contribution in [-0.4, -0.2) is 28.9 Å². The number of para-hydroxylation sites is 1. The number of anilines is 1. The van der Waals surface area contributed by atoms with Crippen molar-refractivity contribution in [3.63, 3.8) is 0 Å². The van der Waals surface area contributed by atoms with Crippen LogP contribution in [0.1, 0.15) is 68.1 Å². The Labute approximate surface area is 153 Å². The second-order valence-electron chi connectivity index (χ2n) is 7.65. The molecular weight excluding hydrogens is 332 g/mol. The van der Waals surface area contributed by atoms with Gasteiger partial charge in [-0.25, -0.2) is 0 Å². The molecule has 0 aliphatic heterocycles. The molecular formula is C20H26N2O4. The maximum absolute atomic E-state index is 12.6. The van der Waals surface area contributed by atoms with Crippen molar-refractivity contribution in [2.75, 3.05) is 5.32 Å². The van der Waals surface area contributed by atoms with Gasteiger partial charge in [0.25, 0.3) is 5.91 Å². The van der Waals surface area contributed by atoms with E-state index in [9.17, 15) is 19.5 Å². The molecule has 2 aliphatic carbocycles. The Balaban J connectivity index is 1.68. The fraction of sp³-hybridized carbons (Fsp3) is 0.550. The number of hydrogen-bond acceptors (Lipinski definition) is 3. The lowest BCUT2D eigenvalue weighted by atomic mass is 9.69. The quantitative estimate of drug-likeness (QED) is 0.697. The molecule has 6 nitrogen and oxygen atoms in total. The van der Waals surface area contributed by atoms with Gasteiger partial charge in [0.05, 0.1) is 17.7 Å². The Morgan fingerprint density at radius 1 is 1.04 bits per heavy atom. The molecule has 2 aliphatic rings. The van der Waals surface area contributed by atoms with Crippen molar-refractivity contribution in [2.45, 2.75) is 63.8 Å². The van der Waals surface area contributed by atoms with Crippen LogP contribution >= 0.6 is 0 Å². The first-order chi connectivity index (χ1) is 12.5. The van der Waals surface area contributed by atoms with E-state index in [-0.39, 0.29) is 30.7 Å². The van der Waals surface area contributed by atoms with E-state index in [1.807, 2.05) is 0 Å². The summed E-state index contributed by atoms with van der Waals surface area (Å²) in [6.45, 7) is 0. The molecule has 0 bridgehead atoms. The van der Waals surface area contributed by atoms with Gasteiger partial charge in [-0.05, 0) is 43.2 Å². The normalized spacial score (nSPS) is 18.8. The second kappa shape index (κ2) is 7.89. The topological polar surface area (TPSA) is 95.5 Å². The van der Waals surface area contributed by atoms with Crippen molar-refractivity contribution < 1.29 is 19.5 Å². The number of carbonyl (C=O) groups is 3. The second-order valence-corrected chi connectivity index (χ2v) is 7.65. The third-order valence-corrected chi connectivity index (χ3v) is 5.33. The Morgan fingerprint density at radius 2 is 1.73 bits per heavy atom. The van der Waals surface area contributed by atoms with E-state index in [0.717, 1.165) is 44.9 Å². The SMILES string of the molecule is O=C(O)CC1(CC(=O)Nc2ccccc2C(=O)NC2CC2)CCCCC1. The summed E-state index contributed by atoms with van der Waals surface area (Å²) in [6, 6.07) is 7.19. The standard InChI is InChI=1S/C20H26N2O4/c23-17(12-20(13-18(24)25)10-4-1-5-11-20)22-16-7-3-2-6-15(16)19(26)21-14-8-9-14/h2-3,6-7,14H,1,4-5,8-13H2,(H,21,26)(H,22,23)(H,24,25). The van der Waals surface area contributed by atoms with Crippen molar-refractivity contribution in [3.8, 4) is 0 Å². The van der Waals surface area contributed by atoms with Crippen LogP contribution in [0.3, 0.4) is 0 Å². The van der Waals surface area contributed by atoms with Gasteiger partial charge in [0.1, 0.15) is 0 Å². The Hall–Kier alpha value is -2.37. The monoisotopic (exact) mass is 358 g/mol. The van der Waals surface area contributed by atoms with E-state index in [1.165, 1.54) is 0 Å². The third-order valence-electron chi connectivity index (χ3n) is 5.33. The van der Waals surface area contributed by atoms with Crippen molar-refractivity contribution in [1.82, 2.24) is 5.32 Å². The van der Waals surface area contributed by atoms with Crippen LogP contribution in [-0.2, 0) is 9.59 Å². The highest BCUT2D eigenvalue weighted by atomic mass is 16.4. The zero-order valence-electron chi connectivity index (χ0n) is 14.9. The van der Waals surface area contributed by atoms with E-state index >= 15 is 0 Å². The lowest BCUT2D eigenvalue weighted by Crippen LogP contribution is -2.33. The van der Waals surface area contributed by atoms with Crippen LogP contribution < -0.4 is 10.6 Å². The summed E-state index contributed by atoms with van der Waals surface area (Å²) in [4.78, 5) is 36.3. The van der Waals surface area contributed by atoms with Gasteiger partial charge in [0.2, 0.25) is 5.91 Å². The molecule has 0 atom stereocenters. The minimum absolute atomic E-state index is 0.0181. The summed E-state index contributed by atoms with van der Waals surface area (Å²) >= 11 is 0. The average molecular weight is 358 g/mol. The molecule has 26 heavy (non-hydrogen) atoms. The van der Waals surface area contributed by atoms with Gasteiger partial charge in [0.15, 0.2) is 0 Å². The molecule has 0 aromatic heterocycles. The summed E-state index contributed by atoms with van der Waals surface area (Å²) in [5.41, 5.74) is 0.458. The highest BCUT2D eigenvalue weighted by molar-refractivity contribution is 6.04. The average Bonchev–Trinajstić information content (AvgIpc) is 3.39. The van der Waals surface area contributed by atoms with Gasteiger partial charge >= 0.3 is 5.97 Å². The zero-order chi connectivity index (χ0) is 18.6. The van der Waals surface area contributed by atoms with Crippen LogP contribution in [0, 0.1) is 5.41 Å². The molecule has 0 radical (unpaired) electrons. The number of carboxylic acid groups (broad SMARTS) is 1. The molecule has 1 aromatic carbocycles. The number of nitrogens with one attached hydrogen (secondary N) is 2. The summed E-state index contributed by atoms with van der Waals surface area (Å²) in [7, 11) is 0. The Kier molecular flexibility index (Phi) is 5.59. The minimum Gasteiger partial charge on any atom is -0.481 e. The van der Waals surface area contributed by atoms with Crippen molar-refractivity contribution in [2.24, 2.45) is 5.41 Å². The molecule has 0 saturated heterocycles. The number of amides is 2. The summed E-state index contributed by atoms with van der Waals surface area (Å²) in [5, 5.41) is 15.0. The van der Waals surface area contributed by atoms with E-state index in [0.29, 0.717) is 11.3 Å². The maximum atomic E-state index is 12.6. The molecule has 6 heteroatoms. The van der Waals surface area contributed by atoms with Crippen molar-refractivity contribution >= 4 is 23.5 Å². The zero-order valence-corrected chi connectivity index (χ0v) is 14.9. The lowest BCUT2D eigenvalue weighted by molar-refractivity contribution is -0.140. The van der Waals surface area contributed by atoms with Crippen LogP contribution in [0.15, 0.2) is 24.3 Å². The largest absolute Gasteiger partial charge is 0.481 e. The van der Waals surface area contributed by atoms with Crippen LogP contribution in [0.5, 0.6) is 0 Å². The molecule has 140 valence electrons. The van der Waals surface area contributed by atoms with Gasteiger partial charge in [-0.15, -0.1) is 0 Å². The number of aliphatic carboxylic acids is 1. The summed E-state index contributed by atoms with van der Waals surface area (Å²) < 4.78 is 0. The van der Waals surface area contributed by atoms with Crippen molar-refractivity contribution in [3.05, 3.63) is 29.8 Å². The Bertz CT molecular complexity index is 691. The molecule has 0 unspecified atom stereocenters. The molecule has 2 saturated carbocycles. The van der Waals surface area contributed by atoms with E-state index in [1.54, 1.807) is 24.3 Å². The summed E-state index contributed by atoms with van der Waals surface area (Å²) in [6.07, 6.45) is 6.72. The smallest absolute Gasteiger partial charge is 0.303 e. The first-order valence-electron chi connectivity index (χ1n) is 9.39. The molecule has 3 rings (SSSR count). The number of rotatable bonds is 7. The number of benzene rings is 1. The van der Waals surface area contributed by atoms with Gasteiger partial charge in [-0.1, -0.05) is 31.4 Å². The predicted molar refractivity (Wildman–Crippen MR) is 97.9 cm³/mol. The third kappa shape index (κ3) is 4.84. The fourth-order valence-electron chi connectivity index (χ4n) is 3.85. The van der Waals surface area contributed by atoms with Crippen LogP contribution in [0.2, 0.25) is 0 Å². The van der Waals surface area contributed by atoms with Crippen molar-refractivity contribution in [1.29, 1.82) is 0 Å².